The van der Waals surface area contributed by atoms with E-state index in [1.807, 2.05) is 0 Å². The molecule has 2 aromatic carbocycles. The standard InChI is InChI=1S/C18H15ClN2O6/c1-26-17(24)10-3-8-13(18(25)27-2)14(9-10)21-16(23)15(22)20-12-6-4-11(19)5-7-12/h3-9H,1-2H3,(H,20,22)(H,21,23). The van der Waals surface area contributed by atoms with Crippen molar-refractivity contribution in [3.05, 3.63) is 58.6 Å². The van der Waals surface area contributed by atoms with Crippen molar-refractivity contribution in [3.8, 4) is 0 Å². The Morgan fingerprint density at radius 2 is 1.41 bits per heavy atom. The number of carbonyl (C=O) groups excluding carboxylic acids is 4. The van der Waals surface area contributed by atoms with Gasteiger partial charge in [-0.1, -0.05) is 11.6 Å². The summed E-state index contributed by atoms with van der Waals surface area (Å²) in [7, 11) is 2.35. The van der Waals surface area contributed by atoms with Crippen LogP contribution < -0.4 is 10.6 Å². The highest BCUT2D eigenvalue weighted by molar-refractivity contribution is 6.44. The number of nitrogens with one attached hydrogen (secondary N) is 2. The Bertz CT molecular complexity index is 895. The van der Waals surface area contributed by atoms with Gasteiger partial charge >= 0.3 is 23.8 Å². The van der Waals surface area contributed by atoms with Crippen LogP contribution in [0.5, 0.6) is 0 Å². The van der Waals surface area contributed by atoms with E-state index in [-0.39, 0.29) is 16.8 Å². The van der Waals surface area contributed by atoms with Crippen LogP contribution in [0.3, 0.4) is 0 Å². The summed E-state index contributed by atoms with van der Waals surface area (Å²) in [5.74, 6) is -3.44. The first-order chi connectivity index (χ1) is 12.8. The zero-order valence-corrected chi connectivity index (χ0v) is 15.1. The van der Waals surface area contributed by atoms with Crippen LogP contribution in [-0.2, 0) is 19.1 Å². The van der Waals surface area contributed by atoms with Crippen LogP contribution in [0.1, 0.15) is 20.7 Å². The molecular formula is C18H15ClN2O6. The fourth-order valence-corrected chi connectivity index (χ4v) is 2.21. The summed E-state index contributed by atoms with van der Waals surface area (Å²) >= 11 is 5.76. The van der Waals surface area contributed by atoms with Gasteiger partial charge in [0, 0.05) is 10.7 Å². The van der Waals surface area contributed by atoms with Crippen LogP contribution in [0.4, 0.5) is 11.4 Å². The number of halogens is 1. The van der Waals surface area contributed by atoms with Crippen LogP contribution in [0, 0.1) is 0 Å². The van der Waals surface area contributed by atoms with Gasteiger partial charge in [-0.15, -0.1) is 0 Å². The van der Waals surface area contributed by atoms with Crippen molar-refractivity contribution >= 4 is 46.7 Å². The lowest BCUT2D eigenvalue weighted by molar-refractivity contribution is -0.133. The number of hydrogen-bond donors (Lipinski definition) is 2. The first-order valence-electron chi connectivity index (χ1n) is 7.54. The van der Waals surface area contributed by atoms with E-state index in [0.717, 1.165) is 7.11 Å². The highest BCUT2D eigenvalue weighted by Gasteiger charge is 2.20. The predicted octanol–water partition coefficient (Wildman–Crippen LogP) is 2.49. The van der Waals surface area contributed by atoms with E-state index in [2.05, 4.69) is 20.1 Å². The molecule has 0 aliphatic heterocycles. The molecule has 0 aliphatic rings. The molecule has 2 aromatic rings. The molecule has 8 nitrogen and oxygen atoms in total. The van der Waals surface area contributed by atoms with Gasteiger partial charge in [0.1, 0.15) is 0 Å². The first kappa shape index (κ1) is 19.9. The molecular weight excluding hydrogens is 376 g/mol. The van der Waals surface area contributed by atoms with Crippen molar-refractivity contribution in [2.75, 3.05) is 24.9 Å². The fourth-order valence-electron chi connectivity index (χ4n) is 2.08. The Hall–Kier alpha value is -3.39. The summed E-state index contributed by atoms with van der Waals surface area (Å²) in [5.41, 5.74) is 0.341. The number of esters is 2. The van der Waals surface area contributed by atoms with Gasteiger partial charge in [0.15, 0.2) is 0 Å². The van der Waals surface area contributed by atoms with Crippen molar-refractivity contribution in [1.82, 2.24) is 0 Å². The molecule has 140 valence electrons. The van der Waals surface area contributed by atoms with E-state index in [1.165, 1.54) is 37.4 Å². The number of amides is 2. The highest BCUT2D eigenvalue weighted by Crippen LogP contribution is 2.20. The number of rotatable bonds is 4. The molecule has 0 radical (unpaired) electrons. The molecule has 0 bridgehead atoms. The molecule has 9 heteroatoms. The molecule has 0 aliphatic carbocycles. The maximum absolute atomic E-state index is 12.2. The number of ether oxygens (including phenoxy) is 2. The molecule has 0 saturated heterocycles. The molecule has 0 saturated carbocycles. The van der Waals surface area contributed by atoms with Crippen molar-refractivity contribution in [3.63, 3.8) is 0 Å². The van der Waals surface area contributed by atoms with Crippen molar-refractivity contribution in [2.45, 2.75) is 0 Å². The van der Waals surface area contributed by atoms with E-state index in [0.29, 0.717) is 10.7 Å². The van der Waals surface area contributed by atoms with Gasteiger partial charge in [-0.3, -0.25) is 9.59 Å². The number of methoxy groups -OCH3 is 2. The number of carbonyl (C=O) groups is 4. The second-order valence-corrected chi connectivity index (χ2v) is 5.60. The fraction of sp³-hybridized carbons (Fsp3) is 0.111. The first-order valence-corrected chi connectivity index (χ1v) is 7.92. The second kappa shape index (κ2) is 8.81. The molecule has 0 fully saturated rings. The number of benzene rings is 2. The summed E-state index contributed by atoms with van der Waals surface area (Å²) < 4.78 is 9.23. The van der Waals surface area contributed by atoms with Gasteiger partial charge in [-0.05, 0) is 42.5 Å². The zero-order valence-electron chi connectivity index (χ0n) is 14.4. The Balaban J connectivity index is 2.23. The lowest BCUT2D eigenvalue weighted by Gasteiger charge is -2.11. The molecule has 27 heavy (non-hydrogen) atoms. The molecule has 2 amide bonds. The van der Waals surface area contributed by atoms with Crippen molar-refractivity contribution in [1.29, 1.82) is 0 Å². The van der Waals surface area contributed by atoms with E-state index < -0.39 is 23.8 Å². The summed E-state index contributed by atoms with van der Waals surface area (Å²) in [4.78, 5) is 47.8. The largest absolute Gasteiger partial charge is 0.465 e. The van der Waals surface area contributed by atoms with E-state index in [4.69, 9.17) is 11.6 Å². The van der Waals surface area contributed by atoms with Gasteiger partial charge in [0.25, 0.3) is 0 Å². The smallest absolute Gasteiger partial charge is 0.339 e. The van der Waals surface area contributed by atoms with Crippen LogP contribution in [0.15, 0.2) is 42.5 Å². The minimum atomic E-state index is -1.04. The molecule has 0 atom stereocenters. The summed E-state index contributed by atoms with van der Waals surface area (Å²) in [5, 5.41) is 5.15. The minimum absolute atomic E-state index is 0.0298. The maximum Gasteiger partial charge on any atom is 0.339 e. The van der Waals surface area contributed by atoms with E-state index in [1.54, 1.807) is 12.1 Å². The zero-order chi connectivity index (χ0) is 20.0. The molecule has 2 rings (SSSR count). The monoisotopic (exact) mass is 390 g/mol. The third kappa shape index (κ3) is 5.05. The second-order valence-electron chi connectivity index (χ2n) is 5.16. The quantitative estimate of drug-likeness (QED) is 0.613. The summed E-state index contributed by atoms with van der Waals surface area (Å²) in [6.07, 6.45) is 0. The maximum atomic E-state index is 12.2. The molecule has 2 N–H and O–H groups in total. The summed E-state index contributed by atoms with van der Waals surface area (Å²) in [6.45, 7) is 0. The average molecular weight is 391 g/mol. The van der Waals surface area contributed by atoms with Crippen molar-refractivity contribution < 1.29 is 28.7 Å². The number of anilines is 2. The van der Waals surface area contributed by atoms with Gasteiger partial charge in [-0.25, -0.2) is 9.59 Å². The van der Waals surface area contributed by atoms with Crippen LogP contribution in [-0.4, -0.2) is 38.0 Å². The highest BCUT2D eigenvalue weighted by atomic mass is 35.5. The molecule has 0 unspecified atom stereocenters. The molecule has 0 heterocycles. The third-order valence-corrected chi connectivity index (χ3v) is 3.65. The Labute approximate surface area is 159 Å². The topological polar surface area (TPSA) is 111 Å². The molecule has 0 aromatic heterocycles. The average Bonchev–Trinajstić information content (AvgIpc) is 2.68. The van der Waals surface area contributed by atoms with Crippen LogP contribution in [0.25, 0.3) is 0 Å². The summed E-state index contributed by atoms with van der Waals surface area (Å²) in [6, 6.07) is 9.96. The van der Waals surface area contributed by atoms with Gasteiger partial charge < -0.3 is 20.1 Å². The Morgan fingerprint density at radius 3 is 2.00 bits per heavy atom. The predicted molar refractivity (Wildman–Crippen MR) is 97.8 cm³/mol. The van der Waals surface area contributed by atoms with Crippen molar-refractivity contribution in [2.24, 2.45) is 0 Å². The Kier molecular flexibility index (Phi) is 6.51. The third-order valence-electron chi connectivity index (χ3n) is 3.40. The Morgan fingerprint density at radius 1 is 0.815 bits per heavy atom. The lowest BCUT2D eigenvalue weighted by atomic mass is 10.1. The SMILES string of the molecule is COC(=O)c1ccc(C(=O)OC)c(NC(=O)C(=O)Nc2ccc(Cl)cc2)c1. The molecule has 0 spiro atoms. The van der Waals surface area contributed by atoms with E-state index in [9.17, 15) is 19.2 Å². The van der Waals surface area contributed by atoms with Crippen LogP contribution in [0.2, 0.25) is 5.02 Å². The normalized spacial score (nSPS) is 9.89. The van der Waals surface area contributed by atoms with E-state index >= 15 is 0 Å². The minimum Gasteiger partial charge on any atom is -0.465 e. The van der Waals surface area contributed by atoms with Gasteiger partial charge in [0.2, 0.25) is 0 Å². The lowest BCUT2D eigenvalue weighted by Crippen LogP contribution is -2.30. The number of hydrogen-bond acceptors (Lipinski definition) is 6. The van der Waals surface area contributed by atoms with Gasteiger partial charge in [0.05, 0.1) is 31.0 Å². The van der Waals surface area contributed by atoms with Gasteiger partial charge in [-0.2, -0.15) is 0 Å². The van der Waals surface area contributed by atoms with Crippen LogP contribution >= 0.6 is 11.6 Å².